The van der Waals surface area contributed by atoms with Gasteiger partial charge in [-0.2, -0.15) is 11.3 Å². The Kier molecular flexibility index (Phi) is 2.82. The van der Waals surface area contributed by atoms with Gasteiger partial charge in [-0.25, -0.2) is 0 Å². The average molecular weight is 266 g/mol. The lowest BCUT2D eigenvalue weighted by Crippen LogP contribution is -2.24. The second kappa shape index (κ2) is 4.33. The number of hydrogen-bond donors (Lipinski definition) is 1. The lowest BCUT2D eigenvalue weighted by molar-refractivity contribution is 0.242. The minimum Gasteiger partial charge on any atom is -0.488 e. The zero-order valence-corrected chi connectivity index (χ0v) is 10.7. The van der Waals surface area contributed by atoms with E-state index in [2.05, 4.69) is 16.8 Å². The molecule has 1 aliphatic heterocycles. The van der Waals surface area contributed by atoms with Gasteiger partial charge in [0.05, 0.1) is 0 Å². The molecule has 2 aromatic rings. The molecule has 0 saturated carbocycles. The van der Waals surface area contributed by atoms with Gasteiger partial charge in [-0.15, -0.1) is 0 Å². The number of fused-ring (bicyclic) bond motifs is 1. The molecule has 88 valence electrons. The lowest BCUT2D eigenvalue weighted by atomic mass is 10.0. The topological polar surface area (TPSA) is 35.2 Å². The fourth-order valence-electron chi connectivity index (χ4n) is 2.16. The van der Waals surface area contributed by atoms with Crippen LogP contribution in [0.25, 0.3) is 11.1 Å². The van der Waals surface area contributed by atoms with E-state index in [0.717, 1.165) is 33.9 Å². The maximum absolute atomic E-state index is 6.15. The van der Waals surface area contributed by atoms with Crippen molar-refractivity contribution in [3.8, 4) is 16.9 Å². The van der Waals surface area contributed by atoms with Gasteiger partial charge in [0.25, 0.3) is 0 Å². The second-order valence-corrected chi connectivity index (χ2v) is 5.35. The lowest BCUT2D eigenvalue weighted by Gasteiger charge is -2.10. The van der Waals surface area contributed by atoms with Crippen molar-refractivity contribution in [3.63, 3.8) is 0 Å². The monoisotopic (exact) mass is 265 g/mol. The predicted octanol–water partition coefficient (Wildman–Crippen LogP) is 3.33. The summed E-state index contributed by atoms with van der Waals surface area (Å²) in [5.74, 6) is 0.947. The third kappa shape index (κ3) is 1.95. The van der Waals surface area contributed by atoms with Crippen LogP contribution in [0.2, 0.25) is 5.02 Å². The molecule has 0 amide bonds. The molecule has 0 fully saturated rings. The quantitative estimate of drug-likeness (QED) is 0.904. The van der Waals surface area contributed by atoms with Gasteiger partial charge in [-0.05, 0) is 40.1 Å². The molecule has 0 aliphatic carbocycles. The van der Waals surface area contributed by atoms with E-state index in [4.69, 9.17) is 22.1 Å². The zero-order chi connectivity index (χ0) is 11.8. The Balaban J connectivity index is 2.12. The van der Waals surface area contributed by atoms with E-state index in [1.807, 2.05) is 12.1 Å². The first-order chi connectivity index (χ1) is 8.28. The summed E-state index contributed by atoms with van der Waals surface area (Å²) in [5.41, 5.74) is 9.06. The summed E-state index contributed by atoms with van der Waals surface area (Å²) in [4.78, 5) is 0. The highest BCUT2D eigenvalue weighted by Gasteiger charge is 2.25. The molecule has 0 radical (unpaired) electrons. The molecule has 4 heteroatoms. The number of benzene rings is 1. The molecular formula is C13H12ClNOS. The Hall–Kier alpha value is -1.03. The first-order valence-corrected chi connectivity index (χ1v) is 6.81. The SMILES string of the molecule is NC[C@@H]1Cc2cc(Cl)cc(-c3ccsc3)c2O1. The Morgan fingerprint density at radius 3 is 3.06 bits per heavy atom. The van der Waals surface area contributed by atoms with Gasteiger partial charge in [-0.1, -0.05) is 11.6 Å². The van der Waals surface area contributed by atoms with Crippen molar-refractivity contribution in [2.24, 2.45) is 5.73 Å². The van der Waals surface area contributed by atoms with Crippen LogP contribution in [0.3, 0.4) is 0 Å². The predicted molar refractivity (Wildman–Crippen MR) is 71.9 cm³/mol. The van der Waals surface area contributed by atoms with Crippen LogP contribution in [-0.4, -0.2) is 12.6 Å². The Morgan fingerprint density at radius 2 is 2.35 bits per heavy atom. The highest BCUT2D eigenvalue weighted by molar-refractivity contribution is 7.08. The molecule has 1 atom stereocenters. The molecule has 0 saturated heterocycles. The summed E-state index contributed by atoms with van der Waals surface area (Å²) < 4.78 is 5.89. The minimum atomic E-state index is 0.0841. The van der Waals surface area contributed by atoms with Crippen LogP contribution in [-0.2, 0) is 6.42 Å². The number of rotatable bonds is 2. The minimum absolute atomic E-state index is 0.0841. The van der Waals surface area contributed by atoms with Crippen molar-refractivity contribution in [1.29, 1.82) is 0 Å². The molecule has 0 unspecified atom stereocenters. The van der Waals surface area contributed by atoms with Gasteiger partial charge in [-0.3, -0.25) is 0 Å². The van der Waals surface area contributed by atoms with Crippen molar-refractivity contribution in [3.05, 3.63) is 39.5 Å². The Bertz CT molecular complexity index is 539. The summed E-state index contributed by atoms with van der Waals surface area (Å²) in [7, 11) is 0. The van der Waals surface area contributed by atoms with E-state index in [1.165, 1.54) is 0 Å². The maximum Gasteiger partial charge on any atom is 0.131 e. The summed E-state index contributed by atoms with van der Waals surface area (Å²) in [6.07, 6.45) is 0.935. The van der Waals surface area contributed by atoms with Gasteiger partial charge in [0.1, 0.15) is 11.9 Å². The van der Waals surface area contributed by atoms with Crippen molar-refractivity contribution < 1.29 is 4.74 Å². The normalized spacial score (nSPS) is 17.9. The average Bonchev–Trinajstić information content (AvgIpc) is 2.96. The second-order valence-electron chi connectivity index (χ2n) is 4.13. The van der Waals surface area contributed by atoms with Crippen molar-refractivity contribution in [2.75, 3.05) is 6.54 Å². The fraction of sp³-hybridized carbons (Fsp3) is 0.231. The largest absolute Gasteiger partial charge is 0.488 e. The molecule has 1 aromatic carbocycles. The summed E-state index contributed by atoms with van der Waals surface area (Å²) >= 11 is 7.82. The smallest absolute Gasteiger partial charge is 0.131 e. The van der Waals surface area contributed by atoms with Gasteiger partial charge in [0.2, 0.25) is 0 Å². The van der Waals surface area contributed by atoms with Gasteiger partial charge < -0.3 is 10.5 Å². The first kappa shape index (κ1) is 11.1. The van der Waals surface area contributed by atoms with Gasteiger partial charge >= 0.3 is 0 Å². The zero-order valence-electron chi connectivity index (χ0n) is 9.15. The van der Waals surface area contributed by atoms with E-state index >= 15 is 0 Å². The molecule has 17 heavy (non-hydrogen) atoms. The molecule has 1 aromatic heterocycles. The highest BCUT2D eigenvalue weighted by atomic mass is 35.5. The number of hydrogen-bond acceptors (Lipinski definition) is 3. The van der Waals surface area contributed by atoms with E-state index in [1.54, 1.807) is 11.3 Å². The third-order valence-corrected chi connectivity index (χ3v) is 3.86. The number of thiophene rings is 1. The molecule has 3 rings (SSSR count). The Labute approximate surface area is 109 Å². The molecule has 1 aliphatic rings. The van der Waals surface area contributed by atoms with E-state index in [-0.39, 0.29) is 6.10 Å². The van der Waals surface area contributed by atoms with Crippen LogP contribution in [0.5, 0.6) is 5.75 Å². The van der Waals surface area contributed by atoms with Crippen LogP contribution in [0.1, 0.15) is 5.56 Å². The maximum atomic E-state index is 6.15. The standard InChI is InChI=1S/C13H12ClNOS/c14-10-3-9-4-11(6-15)16-13(9)12(5-10)8-1-2-17-7-8/h1-3,5,7,11H,4,6,15H2/t11-/m0/s1. The van der Waals surface area contributed by atoms with Crippen LogP contribution >= 0.6 is 22.9 Å². The molecule has 0 spiro atoms. The number of nitrogens with two attached hydrogens (primary N) is 1. The van der Waals surface area contributed by atoms with Crippen molar-refractivity contribution in [2.45, 2.75) is 12.5 Å². The molecular weight excluding hydrogens is 254 g/mol. The fourth-order valence-corrected chi connectivity index (χ4v) is 3.05. The summed E-state index contributed by atoms with van der Waals surface area (Å²) in [5, 5.41) is 4.91. The molecule has 0 bridgehead atoms. The van der Waals surface area contributed by atoms with Crippen molar-refractivity contribution in [1.82, 2.24) is 0 Å². The molecule has 2 nitrogen and oxygen atoms in total. The first-order valence-electron chi connectivity index (χ1n) is 5.49. The number of ether oxygens (including phenoxy) is 1. The van der Waals surface area contributed by atoms with E-state index in [0.29, 0.717) is 6.54 Å². The van der Waals surface area contributed by atoms with Crippen LogP contribution in [0, 0.1) is 0 Å². The number of halogens is 1. The van der Waals surface area contributed by atoms with Crippen LogP contribution in [0.15, 0.2) is 29.0 Å². The summed E-state index contributed by atoms with van der Waals surface area (Å²) in [6.45, 7) is 0.537. The van der Waals surface area contributed by atoms with Gasteiger partial charge in [0, 0.05) is 23.6 Å². The van der Waals surface area contributed by atoms with Crippen molar-refractivity contribution >= 4 is 22.9 Å². The third-order valence-electron chi connectivity index (χ3n) is 2.96. The van der Waals surface area contributed by atoms with E-state index in [9.17, 15) is 0 Å². The summed E-state index contributed by atoms with van der Waals surface area (Å²) in [6, 6.07) is 6.01. The molecule has 2 N–H and O–H groups in total. The molecule has 2 heterocycles. The van der Waals surface area contributed by atoms with E-state index < -0.39 is 0 Å². The van der Waals surface area contributed by atoms with Crippen LogP contribution < -0.4 is 10.5 Å². The van der Waals surface area contributed by atoms with Gasteiger partial charge in [0.15, 0.2) is 0 Å². The Morgan fingerprint density at radius 1 is 1.47 bits per heavy atom. The van der Waals surface area contributed by atoms with Crippen LogP contribution in [0.4, 0.5) is 0 Å². The highest BCUT2D eigenvalue weighted by Crippen LogP contribution is 2.41.